The largest absolute Gasteiger partial charge is 0.373 e. The minimum absolute atomic E-state index is 0.0480. The first kappa shape index (κ1) is 8.41. The molecule has 1 saturated heterocycles. The van der Waals surface area contributed by atoms with E-state index >= 15 is 0 Å². The Morgan fingerprint density at radius 2 is 2.50 bits per heavy atom. The van der Waals surface area contributed by atoms with Crippen molar-refractivity contribution >= 4 is 21.6 Å². The highest BCUT2D eigenvalue weighted by atomic mass is 32.1. The first-order chi connectivity index (χ1) is 5.81. The smallest absolute Gasteiger partial charge is 0.120 e. The van der Waals surface area contributed by atoms with Gasteiger partial charge in [-0.25, -0.2) is 4.98 Å². The van der Waals surface area contributed by atoms with Crippen LogP contribution in [0.2, 0.25) is 0 Å². The van der Waals surface area contributed by atoms with Crippen molar-refractivity contribution in [2.45, 2.75) is 24.5 Å². The van der Waals surface area contributed by atoms with Gasteiger partial charge in [0, 0.05) is 18.2 Å². The maximum Gasteiger partial charge on any atom is 0.120 e. The van der Waals surface area contributed by atoms with E-state index in [1.165, 1.54) is 24.3 Å². The van der Waals surface area contributed by atoms with Crippen LogP contribution in [0.4, 0.5) is 0 Å². The first-order valence-electron chi connectivity index (χ1n) is 4.35. The van der Waals surface area contributed by atoms with Gasteiger partial charge in [0.05, 0.1) is 15.5 Å². The lowest BCUT2D eigenvalue weighted by Gasteiger charge is -2.32. The van der Waals surface area contributed by atoms with Gasteiger partial charge in [-0.2, -0.15) is 0 Å². The molecule has 0 aliphatic carbocycles. The molecule has 1 aliphatic heterocycles. The maximum absolute atomic E-state index is 5.82. The minimum atomic E-state index is 0.0480. The average Bonchev–Trinajstić information content (AvgIpc) is 2.58. The van der Waals surface area contributed by atoms with Gasteiger partial charge in [-0.15, -0.1) is 11.3 Å². The fraction of sp³-hybridized carbons (Fsp3) is 0.625. The molecule has 0 aromatic carbocycles. The van der Waals surface area contributed by atoms with Crippen LogP contribution < -0.4 is 0 Å². The molecule has 1 atom stereocenters. The lowest BCUT2D eigenvalue weighted by Crippen LogP contribution is -2.33. The number of hydrogen-bond donors (Lipinski definition) is 0. The van der Waals surface area contributed by atoms with Crippen LogP contribution in [-0.2, 0) is 9.96 Å². The number of nitrogens with zero attached hydrogens (tertiary/aromatic N) is 1. The fourth-order valence-corrected chi connectivity index (χ4v) is 3.41. The second-order valence-corrected chi connectivity index (χ2v) is 5.88. The highest BCUT2D eigenvalue weighted by Gasteiger charge is 2.31. The normalized spacial score (nSPS) is 30.7. The molecule has 0 N–H and O–H groups in total. The van der Waals surface area contributed by atoms with E-state index in [1.54, 1.807) is 11.3 Å². The highest BCUT2D eigenvalue weighted by molar-refractivity contribution is 7.09. The van der Waals surface area contributed by atoms with Crippen molar-refractivity contribution in [3.8, 4) is 0 Å². The topological polar surface area (TPSA) is 22.1 Å². The zero-order valence-corrected chi connectivity index (χ0v) is 10.1. The second-order valence-electron chi connectivity index (χ2n) is 3.37. The van der Waals surface area contributed by atoms with Gasteiger partial charge < -0.3 is 4.74 Å². The van der Waals surface area contributed by atoms with Gasteiger partial charge >= 0.3 is 0 Å². The summed E-state index contributed by atoms with van der Waals surface area (Å²) in [6.07, 6.45) is 5.56. The second kappa shape index (κ2) is 3.28. The lowest BCUT2D eigenvalue weighted by molar-refractivity contribution is -0.0211. The minimum Gasteiger partial charge on any atom is -0.373 e. The van der Waals surface area contributed by atoms with E-state index in [0.717, 1.165) is 16.8 Å². The summed E-state index contributed by atoms with van der Waals surface area (Å²) in [5, 5.41) is 3.27. The molecule has 4 heteroatoms. The number of rotatable bonds is 1. The standard InChI is InChI=1S/C8H13NOSSi/c12-8(3-1-2-5-10-8)7-9-4-6-11-7/h4,6H,1-3,5H2,12H3. The summed E-state index contributed by atoms with van der Waals surface area (Å²) >= 11 is 1.73. The molecule has 1 fully saturated rings. The van der Waals surface area contributed by atoms with Gasteiger partial charge in [-0.1, -0.05) is 0 Å². The van der Waals surface area contributed by atoms with Crippen LogP contribution in [0.5, 0.6) is 0 Å². The monoisotopic (exact) mass is 199 g/mol. The third kappa shape index (κ3) is 1.46. The molecule has 1 aromatic heterocycles. The van der Waals surface area contributed by atoms with Crippen LogP contribution in [0.25, 0.3) is 0 Å². The van der Waals surface area contributed by atoms with Gasteiger partial charge in [0.2, 0.25) is 0 Å². The summed E-state index contributed by atoms with van der Waals surface area (Å²) < 4.78 is 5.82. The van der Waals surface area contributed by atoms with E-state index in [1.807, 2.05) is 11.6 Å². The van der Waals surface area contributed by atoms with Crippen LogP contribution in [-0.4, -0.2) is 21.8 Å². The summed E-state index contributed by atoms with van der Waals surface area (Å²) in [6, 6.07) is 0. The zero-order valence-electron chi connectivity index (χ0n) is 7.25. The molecule has 1 aliphatic rings. The Hall–Kier alpha value is -0.193. The molecule has 0 amide bonds. The fourth-order valence-electron chi connectivity index (χ4n) is 1.59. The number of ether oxygens (including phenoxy) is 1. The van der Waals surface area contributed by atoms with Gasteiger partial charge in [0.25, 0.3) is 0 Å². The Morgan fingerprint density at radius 1 is 1.58 bits per heavy atom. The van der Waals surface area contributed by atoms with Crippen molar-refractivity contribution in [3.05, 3.63) is 16.6 Å². The van der Waals surface area contributed by atoms with Crippen molar-refractivity contribution in [1.29, 1.82) is 0 Å². The number of aromatic nitrogens is 1. The van der Waals surface area contributed by atoms with E-state index in [9.17, 15) is 0 Å². The summed E-state index contributed by atoms with van der Waals surface area (Å²) in [4.78, 5) is 4.34. The molecule has 1 aromatic rings. The highest BCUT2D eigenvalue weighted by Crippen LogP contribution is 2.32. The van der Waals surface area contributed by atoms with E-state index in [-0.39, 0.29) is 5.22 Å². The Balaban J connectivity index is 2.19. The molecule has 12 heavy (non-hydrogen) atoms. The van der Waals surface area contributed by atoms with Crippen LogP contribution >= 0.6 is 11.3 Å². The van der Waals surface area contributed by atoms with Crippen LogP contribution in [0.3, 0.4) is 0 Å². The predicted octanol–water partition coefficient (Wildman–Crippen LogP) is 0.862. The van der Waals surface area contributed by atoms with Gasteiger partial charge in [-0.3, -0.25) is 0 Å². The summed E-state index contributed by atoms with van der Waals surface area (Å²) in [5.74, 6) is 0. The van der Waals surface area contributed by atoms with E-state index in [4.69, 9.17) is 4.74 Å². The average molecular weight is 199 g/mol. The first-order valence-corrected chi connectivity index (χ1v) is 6.23. The van der Waals surface area contributed by atoms with Crippen molar-refractivity contribution < 1.29 is 4.74 Å². The quantitative estimate of drug-likeness (QED) is 0.626. The van der Waals surface area contributed by atoms with Crippen LogP contribution in [0.15, 0.2) is 11.6 Å². The Bertz CT molecular complexity index is 244. The maximum atomic E-state index is 5.82. The molecule has 1 unspecified atom stereocenters. The Labute approximate surface area is 79.4 Å². The van der Waals surface area contributed by atoms with Gasteiger partial charge in [0.1, 0.15) is 5.01 Å². The molecular weight excluding hydrogens is 186 g/mol. The van der Waals surface area contributed by atoms with Crippen molar-refractivity contribution in [2.75, 3.05) is 6.61 Å². The molecule has 0 bridgehead atoms. The SMILES string of the molecule is [SiH3]C1(c2nccs2)CCCCO1. The zero-order chi connectivity index (χ0) is 8.44. The Morgan fingerprint density at radius 3 is 3.08 bits per heavy atom. The number of hydrogen-bond acceptors (Lipinski definition) is 3. The van der Waals surface area contributed by atoms with E-state index in [0.29, 0.717) is 0 Å². The molecule has 2 heterocycles. The third-order valence-corrected chi connectivity index (χ3v) is 5.00. The number of thiazole rings is 1. The third-order valence-electron chi connectivity index (χ3n) is 2.35. The van der Waals surface area contributed by atoms with Crippen molar-refractivity contribution in [1.82, 2.24) is 4.98 Å². The van der Waals surface area contributed by atoms with Crippen molar-refractivity contribution in [3.63, 3.8) is 0 Å². The summed E-state index contributed by atoms with van der Waals surface area (Å²) in [7, 11) is 1.06. The van der Waals surface area contributed by atoms with Crippen LogP contribution in [0.1, 0.15) is 24.3 Å². The Kier molecular flexibility index (Phi) is 2.30. The molecule has 0 spiro atoms. The molecule has 0 saturated carbocycles. The molecule has 66 valence electrons. The van der Waals surface area contributed by atoms with Crippen molar-refractivity contribution in [2.24, 2.45) is 0 Å². The summed E-state index contributed by atoms with van der Waals surface area (Å²) in [6.45, 7) is 0.920. The summed E-state index contributed by atoms with van der Waals surface area (Å²) in [5.41, 5.74) is 0. The molecule has 2 nitrogen and oxygen atoms in total. The van der Waals surface area contributed by atoms with Gasteiger partial charge in [-0.05, 0) is 19.3 Å². The van der Waals surface area contributed by atoms with Gasteiger partial charge in [0.15, 0.2) is 0 Å². The molecular formula is C8H13NOSSi. The molecule has 0 radical (unpaired) electrons. The van der Waals surface area contributed by atoms with E-state index in [2.05, 4.69) is 4.98 Å². The van der Waals surface area contributed by atoms with E-state index < -0.39 is 0 Å². The molecule has 2 rings (SSSR count). The lowest BCUT2D eigenvalue weighted by atomic mass is 10.1. The van der Waals surface area contributed by atoms with Crippen LogP contribution in [0, 0.1) is 0 Å². The predicted molar refractivity (Wildman–Crippen MR) is 53.5 cm³/mol.